The van der Waals surface area contributed by atoms with Crippen molar-refractivity contribution in [3.05, 3.63) is 59.9 Å². The molecule has 0 spiro atoms. The molecule has 0 saturated heterocycles. The molecule has 3 nitrogen and oxygen atoms in total. The van der Waals surface area contributed by atoms with Crippen LogP contribution in [0.25, 0.3) is 0 Å². The van der Waals surface area contributed by atoms with E-state index in [0.717, 1.165) is 23.5 Å². The van der Waals surface area contributed by atoms with Crippen molar-refractivity contribution in [2.24, 2.45) is 0 Å². The third-order valence-corrected chi connectivity index (χ3v) is 3.95. The Kier molecular flexibility index (Phi) is 5.74. The van der Waals surface area contributed by atoms with Gasteiger partial charge in [0.1, 0.15) is 5.82 Å². The third-order valence-electron chi connectivity index (χ3n) is 3.95. The second kappa shape index (κ2) is 7.77. The van der Waals surface area contributed by atoms with E-state index in [0.29, 0.717) is 6.42 Å². The summed E-state index contributed by atoms with van der Waals surface area (Å²) in [5, 5.41) is 2.92. The van der Waals surface area contributed by atoms with Crippen LogP contribution in [0.2, 0.25) is 0 Å². The molecule has 1 unspecified atom stereocenters. The number of halogens is 1. The largest absolute Gasteiger partial charge is 0.375 e. The van der Waals surface area contributed by atoms with Crippen LogP contribution in [0.4, 0.5) is 15.8 Å². The molecule has 0 aromatic heterocycles. The Morgan fingerprint density at radius 3 is 2.65 bits per heavy atom. The van der Waals surface area contributed by atoms with Crippen molar-refractivity contribution in [1.82, 2.24) is 0 Å². The Morgan fingerprint density at radius 2 is 1.96 bits per heavy atom. The highest BCUT2D eigenvalue weighted by Gasteiger charge is 2.12. The molecule has 0 radical (unpaired) electrons. The van der Waals surface area contributed by atoms with E-state index >= 15 is 0 Å². The molecule has 2 rings (SSSR count). The van der Waals surface area contributed by atoms with E-state index in [4.69, 9.17) is 0 Å². The number of carbonyl (C=O) groups is 1. The maximum atomic E-state index is 13.3. The van der Waals surface area contributed by atoms with E-state index in [9.17, 15) is 9.18 Å². The lowest BCUT2D eigenvalue weighted by molar-refractivity contribution is -0.116. The van der Waals surface area contributed by atoms with Gasteiger partial charge >= 0.3 is 0 Å². The highest BCUT2D eigenvalue weighted by molar-refractivity contribution is 5.91. The van der Waals surface area contributed by atoms with Gasteiger partial charge in [-0.3, -0.25) is 4.79 Å². The van der Waals surface area contributed by atoms with Crippen LogP contribution in [0, 0.1) is 5.82 Å². The maximum Gasteiger partial charge on any atom is 0.224 e. The van der Waals surface area contributed by atoms with Gasteiger partial charge in [-0.15, -0.1) is 0 Å². The zero-order valence-corrected chi connectivity index (χ0v) is 13.8. The number of rotatable bonds is 6. The lowest BCUT2D eigenvalue weighted by atomic mass is 9.97. The smallest absolute Gasteiger partial charge is 0.224 e. The van der Waals surface area contributed by atoms with E-state index in [2.05, 4.69) is 17.1 Å². The average Bonchev–Trinajstić information content (AvgIpc) is 2.54. The summed E-state index contributed by atoms with van der Waals surface area (Å²) in [6.07, 6.45) is 0.317. The first-order valence-corrected chi connectivity index (χ1v) is 7.86. The molecule has 0 aliphatic heterocycles. The summed E-state index contributed by atoms with van der Waals surface area (Å²) >= 11 is 0. The van der Waals surface area contributed by atoms with Gasteiger partial charge in [0.2, 0.25) is 5.91 Å². The molecule has 4 heteroatoms. The lowest BCUT2D eigenvalue weighted by Gasteiger charge is -2.18. The van der Waals surface area contributed by atoms with Crippen molar-refractivity contribution in [2.75, 3.05) is 23.8 Å². The van der Waals surface area contributed by atoms with Crippen molar-refractivity contribution < 1.29 is 9.18 Å². The molecule has 0 bridgehead atoms. The predicted octanol–water partition coefficient (Wildman–Crippen LogP) is 4.41. The summed E-state index contributed by atoms with van der Waals surface area (Å²) < 4.78 is 13.3. The van der Waals surface area contributed by atoms with Gasteiger partial charge in [-0.25, -0.2) is 4.39 Å². The van der Waals surface area contributed by atoms with E-state index < -0.39 is 0 Å². The summed E-state index contributed by atoms with van der Waals surface area (Å²) in [6, 6.07) is 14.2. The topological polar surface area (TPSA) is 32.3 Å². The van der Waals surface area contributed by atoms with Crippen LogP contribution in [0.15, 0.2) is 48.5 Å². The zero-order chi connectivity index (χ0) is 16.8. The van der Waals surface area contributed by atoms with Crippen molar-refractivity contribution in [1.29, 1.82) is 0 Å². The Morgan fingerprint density at radius 1 is 1.22 bits per heavy atom. The zero-order valence-electron chi connectivity index (χ0n) is 13.8. The summed E-state index contributed by atoms with van der Waals surface area (Å²) in [7, 11) is 2.01. The number of benzene rings is 2. The van der Waals surface area contributed by atoms with Crippen LogP contribution < -0.4 is 10.2 Å². The summed E-state index contributed by atoms with van der Waals surface area (Å²) in [6.45, 7) is 4.90. The van der Waals surface area contributed by atoms with Gasteiger partial charge in [-0.2, -0.15) is 0 Å². The number of nitrogens with zero attached hydrogens (tertiary/aromatic N) is 1. The number of amides is 1. The second-order valence-electron chi connectivity index (χ2n) is 5.77. The van der Waals surface area contributed by atoms with Crippen LogP contribution >= 0.6 is 0 Å². The van der Waals surface area contributed by atoms with Crippen molar-refractivity contribution >= 4 is 17.3 Å². The molecular weight excluding hydrogens is 291 g/mol. The normalized spacial score (nSPS) is 11.8. The van der Waals surface area contributed by atoms with Gasteiger partial charge in [-0.05, 0) is 48.7 Å². The molecule has 23 heavy (non-hydrogen) atoms. The fourth-order valence-corrected chi connectivity index (χ4v) is 2.42. The number of anilines is 2. The van der Waals surface area contributed by atoms with Crippen molar-refractivity contribution in [2.45, 2.75) is 26.2 Å². The Labute approximate surface area is 137 Å². The van der Waals surface area contributed by atoms with Gasteiger partial charge in [0, 0.05) is 31.4 Å². The van der Waals surface area contributed by atoms with E-state index in [1.54, 1.807) is 6.07 Å². The van der Waals surface area contributed by atoms with Gasteiger partial charge < -0.3 is 10.2 Å². The molecule has 0 heterocycles. The minimum absolute atomic E-state index is 0.0350. The molecule has 1 atom stereocenters. The minimum Gasteiger partial charge on any atom is -0.375 e. The molecular formula is C19H23FN2O. The van der Waals surface area contributed by atoms with Crippen LogP contribution in [-0.4, -0.2) is 19.5 Å². The quantitative estimate of drug-likeness (QED) is 0.856. The molecule has 2 aromatic carbocycles. The van der Waals surface area contributed by atoms with Crippen LogP contribution in [0.5, 0.6) is 0 Å². The predicted molar refractivity (Wildman–Crippen MR) is 93.4 cm³/mol. The Hall–Kier alpha value is -2.36. The standard InChI is InChI=1S/C19H23FN2O/c1-4-22(3)18-10-6-9-17(13-18)21-19(23)11-14(2)15-7-5-8-16(20)12-15/h5-10,12-14H,4,11H2,1-3H3,(H,21,23). The van der Waals surface area contributed by atoms with Crippen LogP contribution in [0.3, 0.4) is 0 Å². The summed E-state index contributed by atoms with van der Waals surface area (Å²) in [4.78, 5) is 14.3. The van der Waals surface area contributed by atoms with E-state index in [-0.39, 0.29) is 17.6 Å². The van der Waals surface area contributed by atoms with E-state index in [1.807, 2.05) is 44.3 Å². The SMILES string of the molecule is CCN(C)c1cccc(NC(=O)CC(C)c2cccc(F)c2)c1. The Bertz CT molecular complexity index is 672. The third kappa shape index (κ3) is 4.81. The Balaban J connectivity index is 1.99. The van der Waals surface area contributed by atoms with Crippen LogP contribution in [0.1, 0.15) is 31.7 Å². The van der Waals surface area contributed by atoms with Crippen LogP contribution in [-0.2, 0) is 4.79 Å². The number of hydrogen-bond donors (Lipinski definition) is 1. The first-order chi connectivity index (χ1) is 11.0. The summed E-state index contributed by atoms with van der Waals surface area (Å²) in [5.41, 5.74) is 2.67. The molecule has 1 amide bonds. The average molecular weight is 314 g/mol. The fraction of sp³-hybridized carbons (Fsp3) is 0.316. The van der Waals surface area contributed by atoms with Gasteiger partial charge in [0.25, 0.3) is 0 Å². The van der Waals surface area contributed by atoms with Gasteiger partial charge in [0.05, 0.1) is 0 Å². The molecule has 0 aliphatic rings. The van der Waals surface area contributed by atoms with E-state index in [1.165, 1.54) is 12.1 Å². The maximum absolute atomic E-state index is 13.3. The second-order valence-corrected chi connectivity index (χ2v) is 5.77. The molecule has 0 saturated carbocycles. The molecule has 122 valence electrons. The van der Waals surface area contributed by atoms with Crippen molar-refractivity contribution in [3.63, 3.8) is 0 Å². The number of hydrogen-bond acceptors (Lipinski definition) is 2. The molecule has 1 N–H and O–H groups in total. The fourth-order valence-electron chi connectivity index (χ4n) is 2.42. The molecule has 0 aliphatic carbocycles. The highest BCUT2D eigenvalue weighted by Crippen LogP contribution is 2.22. The lowest BCUT2D eigenvalue weighted by Crippen LogP contribution is -2.17. The summed E-state index contributed by atoms with van der Waals surface area (Å²) in [5.74, 6) is -0.379. The monoisotopic (exact) mass is 314 g/mol. The minimum atomic E-state index is -0.273. The number of nitrogens with one attached hydrogen (secondary N) is 1. The molecule has 2 aromatic rings. The first-order valence-electron chi connectivity index (χ1n) is 7.86. The molecule has 0 fully saturated rings. The van der Waals surface area contributed by atoms with Gasteiger partial charge in [-0.1, -0.05) is 25.1 Å². The van der Waals surface area contributed by atoms with Crippen molar-refractivity contribution in [3.8, 4) is 0 Å². The number of carbonyl (C=O) groups excluding carboxylic acids is 1. The first kappa shape index (κ1) is 17.0. The van der Waals surface area contributed by atoms with Gasteiger partial charge in [0.15, 0.2) is 0 Å². The highest BCUT2D eigenvalue weighted by atomic mass is 19.1.